The third kappa shape index (κ3) is 4.91. The van der Waals surface area contributed by atoms with Crippen molar-refractivity contribution < 1.29 is 14.3 Å². The van der Waals surface area contributed by atoms with Crippen LogP contribution in [0, 0.1) is 0 Å². The van der Waals surface area contributed by atoms with Crippen molar-refractivity contribution in [2.75, 3.05) is 7.11 Å². The Labute approximate surface area is 73.4 Å². The summed E-state index contributed by atoms with van der Waals surface area (Å²) >= 11 is 0. The summed E-state index contributed by atoms with van der Waals surface area (Å²) in [7, 11) is 1.31. The van der Waals surface area contributed by atoms with E-state index in [1.54, 1.807) is 0 Å². The fraction of sp³-hybridized carbons (Fsp3) is 0.667. The van der Waals surface area contributed by atoms with Crippen LogP contribution in [0.4, 0.5) is 0 Å². The molecule has 0 radical (unpaired) electrons. The van der Waals surface area contributed by atoms with Crippen LogP contribution in [0.3, 0.4) is 0 Å². The number of esters is 1. The minimum atomic E-state index is -0.394. The summed E-state index contributed by atoms with van der Waals surface area (Å²) < 4.78 is 9.21. The highest BCUT2D eigenvalue weighted by Gasteiger charge is 2.31. The van der Waals surface area contributed by atoms with Crippen LogP contribution in [0.25, 0.3) is 0 Å². The standard InChI is InChI=1S/C5H10O.C4H6O2/c1-3-5-4(2)6-5;1-3-4(5)6-2/h4-5H,3H2,1-2H3;3H,1H2,2H3. The molecule has 1 heterocycles. The summed E-state index contributed by atoms with van der Waals surface area (Å²) in [6, 6.07) is 0. The quantitative estimate of drug-likeness (QED) is 0.360. The Morgan fingerprint density at radius 3 is 2.25 bits per heavy atom. The van der Waals surface area contributed by atoms with Crippen molar-refractivity contribution in [2.45, 2.75) is 32.5 Å². The van der Waals surface area contributed by atoms with Crippen molar-refractivity contribution in [3.05, 3.63) is 12.7 Å². The van der Waals surface area contributed by atoms with E-state index >= 15 is 0 Å². The summed E-state index contributed by atoms with van der Waals surface area (Å²) in [6.45, 7) is 7.41. The average Bonchev–Trinajstić information content (AvgIpc) is 2.81. The van der Waals surface area contributed by atoms with Crippen molar-refractivity contribution in [3.8, 4) is 0 Å². The Morgan fingerprint density at radius 1 is 1.75 bits per heavy atom. The molecule has 0 saturated carbocycles. The first-order valence-corrected chi connectivity index (χ1v) is 4.01. The molecule has 1 aliphatic heterocycles. The fourth-order valence-corrected chi connectivity index (χ4v) is 0.742. The zero-order valence-corrected chi connectivity index (χ0v) is 7.87. The van der Waals surface area contributed by atoms with Gasteiger partial charge in [-0.15, -0.1) is 0 Å². The zero-order chi connectivity index (χ0) is 9.56. The second-order valence-corrected chi connectivity index (χ2v) is 2.52. The minimum Gasteiger partial charge on any atom is -0.466 e. The maximum absolute atomic E-state index is 9.84. The maximum atomic E-state index is 9.84. The molecular formula is C9H16O3. The van der Waals surface area contributed by atoms with Gasteiger partial charge in [0.2, 0.25) is 0 Å². The average molecular weight is 172 g/mol. The third-order valence-electron chi connectivity index (χ3n) is 1.61. The summed E-state index contributed by atoms with van der Waals surface area (Å²) in [5.74, 6) is -0.394. The fourth-order valence-electron chi connectivity index (χ4n) is 0.742. The molecule has 3 heteroatoms. The highest BCUT2D eigenvalue weighted by Crippen LogP contribution is 2.22. The van der Waals surface area contributed by atoms with Gasteiger partial charge in [-0.05, 0) is 13.3 Å². The summed E-state index contributed by atoms with van der Waals surface area (Å²) in [5.41, 5.74) is 0. The topological polar surface area (TPSA) is 38.8 Å². The smallest absolute Gasteiger partial charge is 0.329 e. The second-order valence-electron chi connectivity index (χ2n) is 2.52. The lowest BCUT2D eigenvalue weighted by Crippen LogP contribution is -1.91. The molecule has 1 aliphatic rings. The Bertz CT molecular complexity index is 152. The molecule has 0 aromatic heterocycles. The highest BCUT2D eigenvalue weighted by atomic mass is 16.6. The van der Waals surface area contributed by atoms with E-state index in [9.17, 15) is 4.79 Å². The van der Waals surface area contributed by atoms with Gasteiger partial charge >= 0.3 is 5.97 Å². The largest absolute Gasteiger partial charge is 0.466 e. The molecule has 0 aromatic carbocycles. The first-order chi connectivity index (χ1) is 5.65. The van der Waals surface area contributed by atoms with E-state index < -0.39 is 5.97 Å². The molecule has 0 bridgehead atoms. The van der Waals surface area contributed by atoms with Gasteiger partial charge in [0.05, 0.1) is 19.3 Å². The molecule has 12 heavy (non-hydrogen) atoms. The molecule has 1 saturated heterocycles. The Hall–Kier alpha value is -0.830. The van der Waals surface area contributed by atoms with Gasteiger partial charge in [-0.3, -0.25) is 0 Å². The molecular weight excluding hydrogens is 156 g/mol. The first kappa shape index (κ1) is 11.2. The Morgan fingerprint density at radius 2 is 2.25 bits per heavy atom. The van der Waals surface area contributed by atoms with Gasteiger partial charge < -0.3 is 9.47 Å². The number of hydrogen-bond donors (Lipinski definition) is 0. The van der Waals surface area contributed by atoms with Gasteiger partial charge in [-0.25, -0.2) is 4.79 Å². The molecule has 1 rings (SSSR count). The normalized spacial score (nSPS) is 24.9. The molecule has 1 fully saturated rings. The van der Waals surface area contributed by atoms with Gasteiger partial charge in [0.25, 0.3) is 0 Å². The van der Waals surface area contributed by atoms with Crippen LogP contribution in [0.2, 0.25) is 0 Å². The lowest BCUT2D eigenvalue weighted by Gasteiger charge is -1.83. The van der Waals surface area contributed by atoms with E-state index in [2.05, 4.69) is 25.2 Å². The van der Waals surface area contributed by atoms with Crippen molar-refractivity contribution in [3.63, 3.8) is 0 Å². The van der Waals surface area contributed by atoms with Gasteiger partial charge in [0.15, 0.2) is 0 Å². The van der Waals surface area contributed by atoms with Crippen molar-refractivity contribution in [1.29, 1.82) is 0 Å². The maximum Gasteiger partial charge on any atom is 0.329 e. The molecule has 0 N–H and O–H groups in total. The Balaban J connectivity index is 0.000000202. The highest BCUT2D eigenvalue weighted by molar-refractivity contribution is 5.80. The second kappa shape index (κ2) is 5.77. The van der Waals surface area contributed by atoms with Crippen molar-refractivity contribution in [2.24, 2.45) is 0 Å². The number of hydrogen-bond acceptors (Lipinski definition) is 3. The zero-order valence-electron chi connectivity index (χ0n) is 7.87. The molecule has 2 atom stereocenters. The number of methoxy groups -OCH3 is 1. The summed E-state index contributed by atoms with van der Waals surface area (Å²) in [6.07, 6.45) is 3.46. The van der Waals surface area contributed by atoms with E-state index in [0.717, 1.165) is 6.08 Å². The molecule has 2 unspecified atom stereocenters. The number of ether oxygens (including phenoxy) is 2. The van der Waals surface area contributed by atoms with E-state index in [1.807, 2.05) is 0 Å². The third-order valence-corrected chi connectivity index (χ3v) is 1.61. The predicted octanol–water partition coefficient (Wildman–Crippen LogP) is 1.53. The number of carbonyl (C=O) groups is 1. The van der Waals surface area contributed by atoms with Crippen molar-refractivity contribution in [1.82, 2.24) is 0 Å². The minimum absolute atomic E-state index is 0.394. The van der Waals surface area contributed by atoms with Crippen LogP contribution in [-0.2, 0) is 14.3 Å². The monoisotopic (exact) mass is 172 g/mol. The number of epoxide rings is 1. The van der Waals surface area contributed by atoms with E-state index in [1.165, 1.54) is 13.5 Å². The lowest BCUT2D eigenvalue weighted by molar-refractivity contribution is -0.134. The summed E-state index contributed by atoms with van der Waals surface area (Å²) in [4.78, 5) is 9.84. The van der Waals surface area contributed by atoms with Crippen LogP contribution in [0.5, 0.6) is 0 Å². The molecule has 0 spiro atoms. The van der Waals surface area contributed by atoms with E-state index in [0.29, 0.717) is 12.2 Å². The number of carbonyl (C=O) groups excluding carboxylic acids is 1. The van der Waals surface area contributed by atoms with Gasteiger partial charge in [-0.1, -0.05) is 13.5 Å². The molecule has 70 valence electrons. The van der Waals surface area contributed by atoms with Gasteiger partial charge in [-0.2, -0.15) is 0 Å². The number of rotatable bonds is 2. The van der Waals surface area contributed by atoms with Gasteiger partial charge in [0.1, 0.15) is 0 Å². The van der Waals surface area contributed by atoms with Crippen LogP contribution in [-0.4, -0.2) is 25.3 Å². The molecule has 0 aliphatic carbocycles. The first-order valence-electron chi connectivity index (χ1n) is 4.01. The van der Waals surface area contributed by atoms with Crippen LogP contribution in [0.1, 0.15) is 20.3 Å². The molecule has 0 aromatic rings. The van der Waals surface area contributed by atoms with Crippen LogP contribution >= 0.6 is 0 Å². The van der Waals surface area contributed by atoms with Crippen LogP contribution in [0.15, 0.2) is 12.7 Å². The van der Waals surface area contributed by atoms with E-state index in [-0.39, 0.29) is 0 Å². The van der Waals surface area contributed by atoms with Crippen molar-refractivity contribution >= 4 is 5.97 Å². The molecule has 0 amide bonds. The Kier molecular flexibility index (Phi) is 5.37. The van der Waals surface area contributed by atoms with E-state index in [4.69, 9.17) is 4.74 Å². The van der Waals surface area contributed by atoms with Gasteiger partial charge in [0, 0.05) is 6.08 Å². The summed E-state index contributed by atoms with van der Waals surface area (Å²) in [5, 5.41) is 0. The SMILES string of the molecule is C=CC(=O)OC.CCC1OC1C. The molecule has 3 nitrogen and oxygen atoms in total. The predicted molar refractivity (Wildman–Crippen MR) is 46.8 cm³/mol. The lowest BCUT2D eigenvalue weighted by atomic mass is 10.3. The van der Waals surface area contributed by atoms with Crippen LogP contribution < -0.4 is 0 Å².